The van der Waals surface area contributed by atoms with Crippen LogP contribution in [0.5, 0.6) is 0 Å². The molecule has 0 N–H and O–H groups in total. The van der Waals surface area contributed by atoms with Crippen molar-refractivity contribution >= 4 is 15.9 Å². The zero-order valence-electron chi connectivity index (χ0n) is 10.8. The third-order valence-electron chi connectivity index (χ3n) is 3.76. The number of halogens is 1. The van der Waals surface area contributed by atoms with Crippen LogP contribution in [-0.4, -0.2) is 30.1 Å². The van der Waals surface area contributed by atoms with Crippen LogP contribution in [0.25, 0.3) is 0 Å². The lowest BCUT2D eigenvalue weighted by atomic mass is 9.92. The molecule has 0 aromatic carbocycles. The Balaban J connectivity index is 1.46. The van der Waals surface area contributed by atoms with Crippen LogP contribution in [0, 0.1) is 0 Å². The van der Waals surface area contributed by atoms with Gasteiger partial charge in [0.15, 0.2) is 5.79 Å². The Kier molecular flexibility index (Phi) is 4.17. The molecule has 1 aromatic heterocycles. The Morgan fingerprint density at radius 3 is 2.63 bits per heavy atom. The molecule has 1 saturated carbocycles. The summed E-state index contributed by atoms with van der Waals surface area (Å²) in [7, 11) is 0. The Hall–Kier alpha value is -0.490. The second-order valence-electron chi connectivity index (χ2n) is 5.09. The molecular weight excluding hydrogens is 310 g/mol. The van der Waals surface area contributed by atoms with Crippen LogP contribution in [-0.2, 0) is 20.8 Å². The molecule has 2 fully saturated rings. The molecule has 104 valence electrons. The van der Waals surface area contributed by atoms with E-state index in [9.17, 15) is 0 Å². The van der Waals surface area contributed by atoms with Gasteiger partial charge in [-0.25, -0.2) is 0 Å². The van der Waals surface area contributed by atoms with E-state index in [4.69, 9.17) is 14.2 Å². The fraction of sp³-hybridized carbons (Fsp3) is 0.643. The molecule has 19 heavy (non-hydrogen) atoms. The van der Waals surface area contributed by atoms with Crippen LogP contribution in [0.4, 0.5) is 0 Å². The van der Waals surface area contributed by atoms with Gasteiger partial charge in [-0.3, -0.25) is 4.98 Å². The topological polar surface area (TPSA) is 40.6 Å². The number of hydrogen-bond acceptors (Lipinski definition) is 4. The average Bonchev–Trinajstić information content (AvgIpc) is 2.89. The third-order valence-corrected chi connectivity index (χ3v) is 4.23. The maximum Gasteiger partial charge on any atom is 0.168 e. The predicted molar refractivity (Wildman–Crippen MR) is 73.6 cm³/mol. The van der Waals surface area contributed by atoms with E-state index >= 15 is 0 Å². The molecule has 0 bridgehead atoms. The van der Waals surface area contributed by atoms with E-state index in [1.54, 1.807) is 6.20 Å². The maximum absolute atomic E-state index is 5.92. The van der Waals surface area contributed by atoms with Gasteiger partial charge in [-0.1, -0.05) is 0 Å². The van der Waals surface area contributed by atoms with Crippen molar-refractivity contribution in [1.82, 2.24) is 4.98 Å². The van der Waals surface area contributed by atoms with Gasteiger partial charge >= 0.3 is 0 Å². The van der Waals surface area contributed by atoms with Crippen molar-refractivity contribution in [3.05, 3.63) is 28.5 Å². The number of nitrogens with zero attached hydrogens (tertiary/aromatic N) is 1. The second kappa shape index (κ2) is 5.87. The minimum atomic E-state index is -0.296. The Bertz CT molecular complexity index is 407. The zero-order chi connectivity index (χ0) is 13.1. The van der Waals surface area contributed by atoms with E-state index in [0.29, 0.717) is 12.7 Å². The molecule has 0 amide bonds. The van der Waals surface area contributed by atoms with Gasteiger partial charge in [0, 0.05) is 23.5 Å². The fourth-order valence-electron chi connectivity index (χ4n) is 2.68. The number of ether oxygens (including phenoxy) is 3. The smallest absolute Gasteiger partial charge is 0.168 e. The van der Waals surface area contributed by atoms with Crippen LogP contribution >= 0.6 is 15.9 Å². The van der Waals surface area contributed by atoms with Crippen LogP contribution in [0.3, 0.4) is 0 Å². The zero-order valence-corrected chi connectivity index (χ0v) is 12.4. The van der Waals surface area contributed by atoms with Crippen LogP contribution in [0.1, 0.15) is 31.4 Å². The quantitative estimate of drug-likeness (QED) is 0.855. The molecule has 1 aliphatic heterocycles. The maximum atomic E-state index is 5.92. The molecular formula is C14H18BrNO3. The monoisotopic (exact) mass is 327 g/mol. The summed E-state index contributed by atoms with van der Waals surface area (Å²) in [6.45, 7) is 2.04. The lowest BCUT2D eigenvalue weighted by Crippen LogP contribution is -2.37. The molecule has 1 spiro atoms. The van der Waals surface area contributed by atoms with Gasteiger partial charge in [-0.15, -0.1) is 0 Å². The number of pyridine rings is 1. The molecule has 0 unspecified atom stereocenters. The molecule has 5 heteroatoms. The fourth-order valence-corrected chi connectivity index (χ4v) is 2.91. The first-order valence-corrected chi connectivity index (χ1v) is 7.55. The minimum Gasteiger partial charge on any atom is -0.372 e. The molecule has 0 radical (unpaired) electrons. The average molecular weight is 328 g/mol. The summed E-state index contributed by atoms with van der Waals surface area (Å²) in [5, 5.41) is 0. The van der Waals surface area contributed by atoms with Gasteiger partial charge < -0.3 is 14.2 Å². The molecule has 0 atom stereocenters. The van der Waals surface area contributed by atoms with Crippen LogP contribution in [0.2, 0.25) is 0 Å². The number of rotatable bonds is 3. The highest BCUT2D eigenvalue weighted by atomic mass is 79.9. The van der Waals surface area contributed by atoms with Crippen molar-refractivity contribution in [1.29, 1.82) is 0 Å². The summed E-state index contributed by atoms with van der Waals surface area (Å²) in [4.78, 5) is 4.31. The highest BCUT2D eigenvalue weighted by Gasteiger charge is 2.40. The Morgan fingerprint density at radius 2 is 2.00 bits per heavy atom. The largest absolute Gasteiger partial charge is 0.372 e. The van der Waals surface area contributed by atoms with Crippen molar-refractivity contribution < 1.29 is 14.2 Å². The van der Waals surface area contributed by atoms with Crippen molar-refractivity contribution in [2.75, 3.05) is 13.2 Å². The molecule has 4 nitrogen and oxygen atoms in total. The minimum absolute atomic E-state index is 0.295. The van der Waals surface area contributed by atoms with E-state index in [1.807, 2.05) is 12.1 Å². The van der Waals surface area contributed by atoms with Crippen LogP contribution < -0.4 is 0 Å². The first kappa shape index (κ1) is 13.5. The van der Waals surface area contributed by atoms with Crippen LogP contribution in [0.15, 0.2) is 22.8 Å². The summed E-state index contributed by atoms with van der Waals surface area (Å²) < 4.78 is 18.3. The van der Waals surface area contributed by atoms with Crippen molar-refractivity contribution in [2.45, 2.75) is 44.2 Å². The van der Waals surface area contributed by atoms with Crippen molar-refractivity contribution in [3.8, 4) is 0 Å². The predicted octanol–water partition coefficient (Wildman–Crippen LogP) is 3.05. The van der Waals surface area contributed by atoms with Crippen molar-refractivity contribution in [2.24, 2.45) is 0 Å². The highest BCUT2D eigenvalue weighted by molar-refractivity contribution is 9.10. The van der Waals surface area contributed by atoms with Gasteiger partial charge in [-0.05, 0) is 40.9 Å². The van der Waals surface area contributed by atoms with Gasteiger partial charge in [0.2, 0.25) is 0 Å². The summed E-state index contributed by atoms with van der Waals surface area (Å²) in [5.41, 5.74) is 0.969. The number of hydrogen-bond donors (Lipinski definition) is 0. The standard InChI is InChI=1S/C14H18BrNO3/c15-11-1-2-12(16-9-11)10-17-13-3-5-14(6-4-13)18-7-8-19-14/h1-2,9,13H,3-8,10H2. The summed E-state index contributed by atoms with van der Waals surface area (Å²) in [6, 6.07) is 3.97. The van der Waals surface area contributed by atoms with Gasteiger partial charge in [0.1, 0.15) is 0 Å². The lowest BCUT2D eigenvalue weighted by Gasteiger charge is -2.35. The van der Waals surface area contributed by atoms with E-state index in [2.05, 4.69) is 20.9 Å². The van der Waals surface area contributed by atoms with E-state index in [1.165, 1.54) is 0 Å². The summed E-state index contributed by atoms with van der Waals surface area (Å²) in [5.74, 6) is -0.296. The lowest BCUT2D eigenvalue weighted by molar-refractivity contribution is -0.192. The molecule has 1 aliphatic carbocycles. The SMILES string of the molecule is Brc1ccc(COC2CCC3(CC2)OCCO3)nc1. The first-order valence-electron chi connectivity index (χ1n) is 6.76. The summed E-state index contributed by atoms with van der Waals surface area (Å²) >= 11 is 3.38. The Morgan fingerprint density at radius 1 is 1.26 bits per heavy atom. The molecule has 1 saturated heterocycles. The normalized spacial score (nSPS) is 23.0. The Labute approximate surface area is 121 Å². The van der Waals surface area contributed by atoms with Crippen molar-refractivity contribution in [3.63, 3.8) is 0 Å². The van der Waals surface area contributed by atoms with Gasteiger partial charge in [0.05, 0.1) is 31.6 Å². The van der Waals surface area contributed by atoms with E-state index < -0.39 is 0 Å². The van der Waals surface area contributed by atoms with Gasteiger partial charge in [-0.2, -0.15) is 0 Å². The third kappa shape index (κ3) is 3.34. The highest BCUT2D eigenvalue weighted by Crippen LogP contribution is 2.36. The molecule has 2 aliphatic rings. The molecule has 2 heterocycles. The van der Waals surface area contributed by atoms with E-state index in [0.717, 1.165) is 49.1 Å². The van der Waals surface area contributed by atoms with Gasteiger partial charge in [0.25, 0.3) is 0 Å². The molecule has 1 aromatic rings. The number of aromatic nitrogens is 1. The first-order chi connectivity index (χ1) is 9.26. The second-order valence-corrected chi connectivity index (χ2v) is 6.00. The van der Waals surface area contributed by atoms with E-state index in [-0.39, 0.29) is 5.79 Å². The molecule has 3 rings (SSSR count). The summed E-state index contributed by atoms with van der Waals surface area (Å²) in [6.07, 6.45) is 5.96.